The maximum atomic E-state index is 12.0. The quantitative estimate of drug-likeness (QED) is 0.591. The summed E-state index contributed by atoms with van der Waals surface area (Å²) in [4.78, 5) is 16.3. The Labute approximate surface area is 122 Å². The highest BCUT2D eigenvalue weighted by atomic mass is 32.2. The molecule has 0 aromatic carbocycles. The average molecular weight is 296 g/mol. The molecule has 0 unspecified atom stereocenters. The number of nitrogens with zero attached hydrogens (tertiary/aromatic N) is 2. The van der Waals surface area contributed by atoms with Gasteiger partial charge in [-0.3, -0.25) is 9.69 Å². The zero-order valence-electron chi connectivity index (χ0n) is 11.2. The Morgan fingerprint density at radius 3 is 2.58 bits per heavy atom. The molecule has 6 heteroatoms. The molecule has 1 amide bonds. The fourth-order valence-corrected chi connectivity index (χ4v) is 3.24. The molecule has 2 aliphatic rings. The van der Waals surface area contributed by atoms with Gasteiger partial charge in [0.25, 0.3) is 5.91 Å². The maximum absolute atomic E-state index is 12.0. The van der Waals surface area contributed by atoms with Gasteiger partial charge in [0.2, 0.25) is 0 Å². The predicted molar refractivity (Wildman–Crippen MR) is 81.0 cm³/mol. The number of amides is 1. The van der Waals surface area contributed by atoms with Crippen LogP contribution in [0.5, 0.6) is 0 Å². The number of likely N-dealkylation sites (N-methyl/N-ethyl adjacent to an activating group) is 1. The van der Waals surface area contributed by atoms with Gasteiger partial charge < -0.3 is 9.64 Å². The summed E-state index contributed by atoms with van der Waals surface area (Å²) in [6.45, 7) is 7.39. The molecule has 1 fully saturated rings. The van der Waals surface area contributed by atoms with Crippen LogP contribution in [0.1, 0.15) is 20.8 Å². The van der Waals surface area contributed by atoms with E-state index < -0.39 is 0 Å². The largest absolute Gasteiger partial charge is 0.447 e. The van der Waals surface area contributed by atoms with E-state index in [4.69, 9.17) is 17.0 Å². The second-order valence-corrected chi connectivity index (χ2v) is 5.75. The molecule has 2 rings (SSSR count). The lowest BCUT2D eigenvalue weighted by Crippen LogP contribution is -2.27. The fourth-order valence-electron chi connectivity index (χ4n) is 1.91. The molecule has 102 valence electrons. The third-order valence-electron chi connectivity index (χ3n) is 2.93. The van der Waals surface area contributed by atoms with Crippen molar-refractivity contribution in [1.29, 1.82) is 0 Å². The van der Waals surface area contributed by atoms with E-state index >= 15 is 0 Å². The second kappa shape index (κ2) is 5.79. The number of hydrogen-bond acceptors (Lipinski definition) is 5. The minimum absolute atomic E-state index is 0.0277. The molecular weight excluding hydrogens is 280 g/mol. The van der Waals surface area contributed by atoms with Gasteiger partial charge in [0, 0.05) is 19.2 Å². The van der Waals surface area contributed by atoms with Crippen LogP contribution in [0.3, 0.4) is 0 Å². The number of hydrogen-bond donors (Lipinski definition) is 0. The number of thiocarbonyl (C=S) groups is 1. The van der Waals surface area contributed by atoms with Crippen molar-refractivity contribution in [3.05, 3.63) is 34.9 Å². The fraction of sp³-hybridized carbons (Fsp3) is 0.385. The topological polar surface area (TPSA) is 32.8 Å². The first-order valence-electron chi connectivity index (χ1n) is 6.15. The van der Waals surface area contributed by atoms with Crippen LogP contribution in [0.4, 0.5) is 0 Å². The van der Waals surface area contributed by atoms with Crippen molar-refractivity contribution in [2.24, 2.45) is 0 Å². The summed E-state index contributed by atoms with van der Waals surface area (Å²) in [6, 6.07) is 0. The molecule has 0 radical (unpaired) electrons. The van der Waals surface area contributed by atoms with Gasteiger partial charge >= 0.3 is 0 Å². The van der Waals surface area contributed by atoms with Crippen LogP contribution in [0.15, 0.2) is 34.9 Å². The highest BCUT2D eigenvalue weighted by Crippen LogP contribution is 2.31. The van der Waals surface area contributed by atoms with E-state index in [2.05, 4.69) is 6.92 Å². The van der Waals surface area contributed by atoms with Crippen molar-refractivity contribution >= 4 is 34.2 Å². The van der Waals surface area contributed by atoms with Crippen molar-refractivity contribution in [3.63, 3.8) is 0 Å². The van der Waals surface area contributed by atoms with Gasteiger partial charge in [0.05, 0.1) is 10.6 Å². The number of ether oxygens (including phenoxy) is 1. The molecule has 0 spiro atoms. The average Bonchev–Trinajstić information content (AvgIpc) is 2.87. The van der Waals surface area contributed by atoms with Gasteiger partial charge in [-0.05, 0) is 26.8 Å². The Morgan fingerprint density at radius 2 is 2.00 bits per heavy atom. The van der Waals surface area contributed by atoms with E-state index in [0.29, 0.717) is 15.8 Å². The van der Waals surface area contributed by atoms with Gasteiger partial charge in [-0.15, -0.1) is 0 Å². The van der Waals surface area contributed by atoms with Crippen molar-refractivity contribution in [1.82, 2.24) is 9.80 Å². The van der Waals surface area contributed by atoms with E-state index in [1.165, 1.54) is 11.8 Å². The summed E-state index contributed by atoms with van der Waals surface area (Å²) in [5.41, 5.74) is 1.06. The van der Waals surface area contributed by atoms with Crippen LogP contribution in [0, 0.1) is 0 Å². The minimum atomic E-state index is -0.0277. The number of carbonyl (C=O) groups is 1. The molecule has 2 heterocycles. The van der Waals surface area contributed by atoms with Crippen LogP contribution in [-0.4, -0.2) is 33.1 Å². The summed E-state index contributed by atoms with van der Waals surface area (Å²) < 4.78 is 6.07. The van der Waals surface area contributed by atoms with Gasteiger partial charge in [0.1, 0.15) is 10.6 Å². The van der Waals surface area contributed by atoms with Crippen molar-refractivity contribution in [2.45, 2.75) is 20.8 Å². The zero-order valence-corrected chi connectivity index (χ0v) is 12.8. The number of thioether (sulfide) groups is 1. The Morgan fingerprint density at radius 1 is 1.32 bits per heavy atom. The Hall–Kier alpha value is -1.27. The zero-order chi connectivity index (χ0) is 14.0. The van der Waals surface area contributed by atoms with E-state index in [1.807, 2.05) is 24.8 Å². The number of rotatable bonds is 3. The van der Waals surface area contributed by atoms with Crippen molar-refractivity contribution < 1.29 is 9.53 Å². The molecule has 0 aromatic heterocycles. The first kappa shape index (κ1) is 14.1. The molecule has 1 saturated heterocycles. The van der Waals surface area contributed by atoms with Gasteiger partial charge in [-0.1, -0.05) is 24.0 Å². The summed E-state index contributed by atoms with van der Waals surface area (Å²) in [5.74, 6) is 0.710. The predicted octanol–water partition coefficient (Wildman–Crippen LogP) is 2.81. The van der Waals surface area contributed by atoms with Crippen LogP contribution in [-0.2, 0) is 9.53 Å². The molecule has 0 aromatic rings. The molecule has 0 N–H and O–H groups in total. The molecule has 0 saturated carbocycles. The molecule has 0 atom stereocenters. The van der Waals surface area contributed by atoms with Crippen LogP contribution >= 0.6 is 24.0 Å². The monoisotopic (exact) mass is 296 g/mol. The van der Waals surface area contributed by atoms with Gasteiger partial charge in [-0.2, -0.15) is 0 Å². The Bertz CT molecular complexity index is 509. The normalized spacial score (nSPS) is 23.6. The van der Waals surface area contributed by atoms with Crippen LogP contribution in [0.25, 0.3) is 0 Å². The molecule has 19 heavy (non-hydrogen) atoms. The van der Waals surface area contributed by atoms with Crippen LogP contribution < -0.4 is 0 Å². The Balaban J connectivity index is 2.16. The van der Waals surface area contributed by atoms with E-state index in [1.54, 1.807) is 17.2 Å². The Kier molecular flexibility index (Phi) is 4.31. The van der Waals surface area contributed by atoms with Crippen molar-refractivity contribution in [2.75, 3.05) is 13.1 Å². The standard InChI is InChI=1S/C13H16N2O2S2/c1-4-14-9(3)8-17-11(14)7-6-10-12(16)15(5-2)13(18)19-10/h6-8H,4-5H2,1-3H3. The van der Waals surface area contributed by atoms with Gasteiger partial charge in [0.15, 0.2) is 5.88 Å². The first-order chi connectivity index (χ1) is 9.08. The summed E-state index contributed by atoms with van der Waals surface area (Å²) in [7, 11) is 0. The lowest BCUT2D eigenvalue weighted by Gasteiger charge is -2.16. The first-order valence-corrected chi connectivity index (χ1v) is 7.37. The number of carbonyl (C=O) groups excluding carboxylic acids is 1. The highest BCUT2D eigenvalue weighted by Gasteiger charge is 2.30. The summed E-state index contributed by atoms with van der Waals surface area (Å²) >= 11 is 6.49. The SMILES string of the molecule is CCN1C(=O)C(=CC=C2OC=C(C)N2CC)SC1=S. The third-order valence-corrected chi connectivity index (χ3v) is 4.32. The van der Waals surface area contributed by atoms with Crippen molar-refractivity contribution in [3.8, 4) is 0 Å². The van der Waals surface area contributed by atoms with E-state index in [9.17, 15) is 4.79 Å². The summed E-state index contributed by atoms with van der Waals surface area (Å²) in [5, 5.41) is 0. The smallest absolute Gasteiger partial charge is 0.266 e. The molecule has 0 bridgehead atoms. The van der Waals surface area contributed by atoms with Gasteiger partial charge in [-0.25, -0.2) is 0 Å². The maximum Gasteiger partial charge on any atom is 0.266 e. The lowest BCUT2D eigenvalue weighted by molar-refractivity contribution is -0.122. The summed E-state index contributed by atoms with van der Waals surface area (Å²) in [6.07, 6.45) is 5.30. The highest BCUT2D eigenvalue weighted by molar-refractivity contribution is 8.26. The minimum Gasteiger partial charge on any atom is -0.447 e. The molecule has 2 aliphatic heterocycles. The third kappa shape index (κ3) is 2.69. The van der Waals surface area contributed by atoms with E-state index in [-0.39, 0.29) is 5.91 Å². The molecular formula is C13H16N2O2S2. The van der Waals surface area contributed by atoms with Crippen LogP contribution in [0.2, 0.25) is 0 Å². The lowest BCUT2D eigenvalue weighted by atomic mass is 10.4. The molecule has 4 nitrogen and oxygen atoms in total. The number of allylic oxidation sites excluding steroid dienone is 3. The van der Waals surface area contributed by atoms with E-state index in [0.717, 1.165) is 18.1 Å². The second-order valence-electron chi connectivity index (χ2n) is 4.07. The molecule has 0 aliphatic carbocycles.